The maximum absolute atomic E-state index is 5.98. The van der Waals surface area contributed by atoms with Crippen molar-refractivity contribution in [1.29, 1.82) is 0 Å². The largest absolute Gasteiger partial charge is 0.352 e. The van der Waals surface area contributed by atoms with Gasteiger partial charge >= 0.3 is 0 Å². The molecule has 0 bridgehead atoms. The van der Waals surface area contributed by atoms with E-state index >= 15 is 0 Å². The van der Waals surface area contributed by atoms with Crippen LogP contribution >= 0.6 is 27.5 Å². The number of halogens is 2. The lowest BCUT2D eigenvalue weighted by atomic mass is 9.78. The van der Waals surface area contributed by atoms with E-state index < -0.39 is 0 Å². The molecule has 3 rings (SSSR count). The molecule has 0 aromatic carbocycles. The highest BCUT2D eigenvalue weighted by Gasteiger charge is 2.34. The summed E-state index contributed by atoms with van der Waals surface area (Å²) in [6.07, 6.45) is 9.93. The summed E-state index contributed by atoms with van der Waals surface area (Å²) in [6.45, 7) is 1.13. The van der Waals surface area contributed by atoms with E-state index in [2.05, 4.69) is 25.8 Å². The molecule has 1 aliphatic carbocycles. The first kappa shape index (κ1) is 12.7. The fourth-order valence-corrected chi connectivity index (χ4v) is 4.37. The topological polar surface area (TPSA) is 16.1 Å². The molecule has 0 unspecified atom stereocenters. The van der Waals surface area contributed by atoms with E-state index in [9.17, 15) is 0 Å². The van der Waals surface area contributed by atoms with Gasteiger partial charge in [-0.25, -0.2) is 4.98 Å². The summed E-state index contributed by atoms with van der Waals surface area (Å²) >= 11 is 9.59. The Morgan fingerprint density at radius 3 is 2.83 bits per heavy atom. The lowest BCUT2D eigenvalue weighted by Crippen LogP contribution is -2.47. The molecule has 0 spiro atoms. The van der Waals surface area contributed by atoms with E-state index in [4.69, 9.17) is 11.6 Å². The van der Waals surface area contributed by atoms with E-state index in [-0.39, 0.29) is 0 Å². The molecule has 4 heteroatoms. The van der Waals surface area contributed by atoms with Crippen molar-refractivity contribution in [2.75, 3.05) is 11.4 Å². The Kier molecular flexibility index (Phi) is 3.81. The zero-order valence-electron chi connectivity index (χ0n) is 10.4. The van der Waals surface area contributed by atoms with Crippen LogP contribution in [0.5, 0.6) is 0 Å². The smallest absolute Gasteiger partial charge is 0.143 e. The Balaban J connectivity index is 1.89. The highest BCUT2D eigenvalue weighted by Crippen LogP contribution is 2.39. The first-order valence-corrected chi connectivity index (χ1v) is 8.00. The van der Waals surface area contributed by atoms with Gasteiger partial charge < -0.3 is 4.90 Å². The number of anilines is 1. The zero-order chi connectivity index (χ0) is 12.5. The minimum atomic E-state index is 0.692. The van der Waals surface area contributed by atoms with Crippen LogP contribution in [0.2, 0.25) is 5.02 Å². The van der Waals surface area contributed by atoms with Crippen LogP contribution in [0.4, 0.5) is 5.82 Å². The third kappa shape index (κ3) is 2.39. The first-order valence-electron chi connectivity index (χ1n) is 6.83. The molecule has 1 saturated heterocycles. The Labute approximate surface area is 122 Å². The van der Waals surface area contributed by atoms with Gasteiger partial charge in [0.1, 0.15) is 5.82 Å². The van der Waals surface area contributed by atoms with Crippen molar-refractivity contribution in [3.63, 3.8) is 0 Å². The van der Waals surface area contributed by atoms with E-state index in [0.29, 0.717) is 11.1 Å². The van der Waals surface area contributed by atoms with Crippen LogP contribution in [0.3, 0.4) is 0 Å². The molecule has 1 aromatic rings. The van der Waals surface area contributed by atoms with Gasteiger partial charge in [0.05, 0.1) is 9.50 Å². The summed E-state index contributed by atoms with van der Waals surface area (Å²) in [5.41, 5.74) is 0. The molecule has 1 saturated carbocycles. The third-order valence-corrected chi connectivity index (χ3v) is 5.09. The maximum Gasteiger partial charge on any atom is 0.143 e. The van der Waals surface area contributed by atoms with Crippen LogP contribution in [-0.2, 0) is 0 Å². The lowest BCUT2D eigenvalue weighted by molar-refractivity contribution is 0.242. The number of piperidine rings is 1. The molecule has 1 aliphatic heterocycles. The molecular formula is C14H18BrClN2. The van der Waals surface area contributed by atoms with Crippen LogP contribution in [0.25, 0.3) is 0 Å². The molecule has 18 heavy (non-hydrogen) atoms. The number of hydrogen-bond donors (Lipinski definition) is 0. The molecule has 2 nitrogen and oxygen atoms in total. The lowest BCUT2D eigenvalue weighted by Gasteiger charge is -2.45. The van der Waals surface area contributed by atoms with E-state index in [1.165, 1.54) is 38.5 Å². The van der Waals surface area contributed by atoms with Gasteiger partial charge in [0.15, 0.2) is 0 Å². The molecular weight excluding hydrogens is 312 g/mol. The highest BCUT2D eigenvalue weighted by molar-refractivity contribution is 9.10. The molecule has 2 fully saturated rings. The fraction of sp³-hybridized carbons (Fsp3) is 0.643. The monoisotopic (exact) mass is 328 g/mol. The van der Waals surface area contributed by atoms with Crippen LogP contribution in [0.15, 0.2) is 16.7 Å². The first-order chi connectivity index (χ1) is 8.75. The second kappa shape index (κ2) is 5.38. The van der Waals surface area contributed by atoms with Gasteiger partial charge in [-0.15, -0.1) is 0 Å². The number of hydrogen-bond acceptors (Lipinski definition) is 2. The normalized spacial score (nSPS) is 28.0. The van der Waals surface area contributed by atoms with Crippen molar-refractivity contribution in [3.05, 3.63) is 21.8 Å². The zero-order valence-corrected chi connectivity index (χ0v) is 12.8. The van der Waals surface area contributed by atoms with Gasteiger partial charge in [0.25, 0.3) is 0 Å². The summed E-state index contributed by atoms with van der Waals surface area (Å²) in [6, 6.07) is 2.65. The molecule has 2 aliphatic rings. The Bertz CT molecular complexity index is 436. The van der Waals surface area contributed by atoms with Crippen molar-refractivity contribution in [1.82, 2.24) is 4.98 Å². The highest BCUT2D eigenvalue weighted by atomic mass is 79.9. The van der Waals surface area contributed by atoms with Crippen LogP contribution in [0.1, 0.15) is 38.5 Å². The number of fused-ring (bicyclic) bond motifs is 1. The molecule has 0 radical (unpaired) electrons. The predicted molar refractivity (Wildman–Crippen MR) is 79.3 cm³/mol. The molecule has 98 valence electrons. The van der Waals surface area contributed by atoms with Crippen molar-refractivity contribution < 1.29 is 0 Å². The van der Waals surface area contributed by atoms with Crippen LogP contribution < -0.4 is 4.90 Å². The van der Waals surface area contributed by atoms with Gasteiger partial charge in [-0.05, 0) is 53.6 Å². The number of nitrogens with zero attached hydrogens (tertiary/aromatic N) is 2. The Morgan fingerprint density at radius 2 is 2.00 bits per heavy atom. The number of pyridine rings is 1. The second-order valence-electron chi connectivity index (χ2n) is 5.41. The predicted octanol–water partition coefficient (Wildman–Crippen LogP) is 4.66. The van der Waals surface area contributed by atoms with Crippen LogP contribution in [0, 0.1) is 5.92 Å². The van der Waals surface area contributed by atoms with Gasteiger partial charge in [-0.3, -0.25) is 0 Å². The van der Waals surface area contributed by atoms with Gasteiger partial charge in [0, 0.05) is 18.8 Å². The van der Waals surface area contributed by atoms with Crippen LogP contribution in [-0.4, -0.2) is 17.6 Å². The minimum Gasteiger partial charge on any atom is -0.352 e. The number of aromatic nitrogens is 1. The molecule has 1 aromatic heterocycles. The van der Waals surface area contributed by atoms with Crippen molar-refractivity contribution in [3.8, 4) is 0 Å². The third-order valence-electron chi connectivity index (χ3n) is 4.30. The molecule has 2 heterocycles. The van der Waals surface area contributed by atoms with E-state index in [1.807, 2.05) is 6.07 Å². The summed E-state index contributed by atoms with van der Waals surface area (Å²) < 4.78 is 1.03. The summed E-state index contributed by atoms with van der Waals surface area (Å²) in [7, 11) is 0. The fourth-order valence-electron chi connectivity index (χ4n) is 3.51. The van der Waals surface area contributed by atoms with Gasteiger partial charge in [-0.2, -0.15) is 0 Å². The van der Waals surface area contributed by atoms with Gasteiger partial charge in [-0.1, -0.05) is 24.4 Å². The maximum atomic E-state index is 5.98. The quantitative estimate of drug-likeness (QED) is 0.745. The Morgan fingerprint density at radius 1 is 1.22 bits per heavy atom. The summed E-state index contributed by atoms with van der Waals surface area (Å²) in [5.74, 6) is 1.95. The minimum absolute atomic E-state index is 0.692. The Hall–Kier alpha value is -0.280. The second-order valence-corrected chi connectivity index (χ2v) is 6.70. The standard InChI is InChI=1S/C14H18BrClN2/c15-12-8-11(16)9-17-14(12)18-7-3-5-10-4-1-2-6-13(10)18/h8-10,13H,1-7H2/t10-,13-/m1/s1. The number of rotatable bonds is 1. The average Bonchev–Trinajstić information content (AvgIpc) is 2.38. The molecule has 0 N–H and O–H groups in total. The molecule has 0 amide bonds. The van der Waals surface area contributed by atoms with E-state index in [0.717, 1.165) is 22.8 Å². The van der Waals surface area contributed by atoms with Crippen molar-refractivity contribution in [2.24, 2.45) is 5.92 Å². The van der Waals surface area contributed by atoms with E-state index in [1.54, 1.807) is 6.20 Å². The summed E-state index contributed by atoms with van der Waals surface area (Å²) in [5, 5.41) is 0.697. The summed E-state index contributed by atoms with van der Waals surface area (Å²) in [4.78, 5) is 7.05. The van der Waals surface area contributed by atoms with Crippen molar-refractivity contribution >= 4 is 33.3 Å². The molecule has 2 atom stereocenters. The SMILES string of the molecule is Clc1cnc(N2CCC[C@H]3CCCC[C@H]32)c(Br)c1. The van der Waals surface area contributed by atoms with Crippen molar-refractivity contribution in [2.45, 2.75) is 44.6 Å². The average molecular weight is 330 g/mol. The van der Waals surface area contributed by atoms with Gasteiger partial charge in [0.2, 0.25) is 0 Å².